The molecule has 3 heterocycles. The Labute approximate surface area is 140 Å². The third-order valence-electron chi connectivity index (χ3n) is 4.49. The van der Waals surface area contributed by atoms with E-state index in [-0.39, 0.29) is 5.82 Å². The minimum atomic E-state index is -0.226. The van der Waals surface area contributed by atoms with Crippen molar-refractivity contribution in [2.75, 3.05) is 31.1 Å². The quantitative estimate of drug-likeness (QED) is 0.742. The maximum Gasteiger partial charge on any atom is 0.146 e. The van der Waals surface area contributed by atoms with Crippen LogP contribution < -0.4 is 4.90 Å². The number of rotatable bonds is 3. The van der Waals surface area contributed by atoms with E-state index in [2.05, 4.69) is 33.0 Å². The fourth-order valence-electron chi connectivity index (χ4n) is 3.11. The standard InChI is InChI=1S/C19H19FN4/c20-16-5-3-9-21-18(16)14-23-10-12-24(13-11-23)19-8-7-15-4-1-2-6-17(15)22-19/h1-9H,10-14H2. The molecule has 0 amide bonds. The Kier molecular flexibility index (Phi) is 4.09. The second-order valence-corrected chi connectivity index (χ2v) is 6.06. The van der Waals surface area contributed by atoms with Gasteiger partial charge >= 0.3 is 0 Å². The molecule has 0 aliphatic carbocycles. The van der Waals surface area contributed by atoms with Gasteiger partial charge in [-0.25, -0.2) is 9.37 Å². The van der Waals surface area contributed by atoms with Crippen molar-refractivity contribution in [3.8, 4) is 0 Å². The van der Waals surface area contributed by atoms with Crippen molar-refractivity contribution >= 4 is 16.7 Å². The predicted octanol–water partition coefficient (Wildman–Crippen LogP) is 3.09. The zero-order valence-electron chi connectivity index (χ0n) is 13.4. The Morgan fingerprint density at radius 2 is 1.75 bits per heavy atom. The summed E-state index contributed by atoms with van der Waals surface area (Å²) in [5.74, 6) is 0.786. The molecule has 0 unspecified atom stereocenters. The third kappa shape index (κ3) is 3.08. The first kappa shape index (κ1) is 15.0. The SMILES string of the molecule is Fc1cccnc1CN1CCN(c2ccc3ccccc3n2)CC1. The lowest BCUT2D eigenvalue weighted by atomic mass is 10.2. The number of anilines is 1. The molecule has 3 aromatic rings. The molecule has 0 spiro atoms. The number of piperazine rings is 1. The summed E-state index contributed by atoms with van der Waals surface area (Å²) >= 11 is 0. The minimum absolute atomic E-state index is 0.226. The van der Waals surface area contributed by atoms with Gasteiger partial charge in [-0.2, -0.15) is 0 Å². The number of hydrogen-bond acceptors (Lipinski definition) is 4. The summed E-state index contributed by atoms with van der Waals surface area (Å²) in [6.07, 6.45) is 1.65. The molecule has 0 atom stereocenters. The fraction of sp³-hybridized carbons (Fsp3) is 0.263. The van der Waals surface area contributed by atoms with Crippen molar-refractivity contribution in [3.63, 3.8) is 0 Å². The molecule has 1 aliphatic rings. The molecule has 0 radical (unpaired) electrons. The fourth-order valence-corrected chi connectivity index (χ4v) is 3.11. The van der Waals surface area contributed by atoms with E-state index >= 15 is 0 Å². The van der Waals surface area contributed by atoms with Crippen molar-refractivity contribution in [1.29, 1.82) is 0 Å². The van der Waals surface area contributed by atoms with Crippen LogP contribution in [0.1, 0.15) is 5.69 Å². The molecule has 1 aliphatic heterocycles. The number of para-hydroxylation sites is 1. The van der Waals surface area contributed by atoms with Gasteiger partial charge < -0.3 is 4.90 Å². The number of fused-ring (bicyclic) bond motifs is 1. The number of hydrogen-bond donors (Lipinski definition) is 0. The van der Waals surface area contributed by atoms with Crippen LogP contribution in [0.3, 0.4) is 0 Å². The van der Waals surface area contributed by atoms with Gasteiger partial charge in [0.1, 0.15) is 11.6 Å². The van der Waals surface area contributed by atoms with Crippen LogP contribution in [0.4, 0.5) is 10.2 Å². The second-order valence-electron chi connectivity index (χ2n) is 6.06. The van der Waals surface area contributed by atoms with Crippen LogP contribution in [0.15, 0.2) is 54.7 Å². The lowest BCUT2D eigenvalue weighted by Crippen LogP contribution is -2.46. The molecule has 0 N–H and O–H groups in total. The van der Waals surface area contributed by atoms with Gasteiger partial charge in [-0.05, 0) is 30.3 Å². The third-order valence-corrected chi connectivity index (χ3v) is 4.49. The molecule has 1 fully saturated rings. The summed E-state index contributed by atoms with van der Waals surface area (Å²) in [7, 11) is 0. The predicted molar refractivity (Wildman–Crippen MR) is 93.4 cm³/mol. The van der Waals surface area contributed by atoms with Crippen LogP contribution in [0.2, 0.25) is 0 Å². The molecule has 1 aromatic carbocycles. The van der Waals surface area contributed by atoms with E-state index < -0.39 is 0 Å². The van der Waals surface area contributed by atoms with Gasteiger partial charge in [0.2, 0.25) is 0 Å². The van der Waals surface area contributed by atoms with Crippen molar-refractivity contribution in [1.82, 2.24) is 14.9 Å². The number of pyridine rings is 2. The van der Waals surface area contributed by atoms with Crippen molar-refractivity contribution in [3.05, 3.63) is 66.2 Å². The molecule has 4 nitrogen and oxygen atoms in total. The topological polar surface area (TPSA) is 32.3 Å². The Bertz CT molecular complexity index is 843. The maximum absolute atomic E-state index is 13.7. The smallest absolute Gasteiger partial charge is 0.146 e. The van der Waals surface area contributed by atoms with E-state index in [0.717, 1.165) is 42.9 Å². The van der Waals surface area contributed by atoms with Gasteiger partial charge in [0.15, 0.2) is 0 Å². The highest BCUT2D eigenvalue weighted by Gasteiger charge is 2.19. The summed E-state index contributed by atoms with van der Waals surface area (Å²) in [6.45, 7) is 4.10. The van der Waals surface area contributed by atoms with Crippen LogP contribution in [0, 0.1) is 5.82 Å². The van der Waals surface area contributed by atoms with E-state index in [1.165, 1.54) is 6.07 Å². The van der Waals surface area contributed by atoms with Gasteiger partial charge in [-0.15, -0.1) is 0 Å². The second kappa shape index (κ2) is 6.53. The molecule has 0 saturated carbocycles. The van der Waals surface area contributed by atoms with E-state index in [9.17, 15) is 4.39 Å². The zero-order valence-corrected chi connectivity index (χ0v) is 13.4. The first-order chi connectivity index (χ1) is 11.8. The number of aromatic nitrogens is 2. The average molecular weight is 322 g/mol. The molecule has 0 bridgehead atoms. The Morgan fingerprint density at radius 1 is 0.917 bits per heavy atom. The number of nitrogens with zero attached hydrogens (tertiary/aromatic N) is 4. The highest BCUT2D eigenvalue weighted by molar-refractivity contribution is 5.80. The van der Waals surface area contributed by atoms with Crippen LogP contribution in [0.5, 0.6) is 0 Å². The van der Waals surface area contributed by atoms with Crippen molar-refractivity contribution in [2.24, 2.45) is 0 Å². The van der Waals surface area contributed by atoms with E-state index in [4.69, 9.17) is 4.98 Å². The van der Waals surface area contributed by atoms with Gasteiger partial charge in [0.25, 0.3) is 0 Å². The first-order valence-corrected chi connectivity index (χ1v) is 8.22. The molecule has 1 saturated heterocycles. The largest absolute Gasteiger partial charge is 0.354 e. The maximum atomic E-state index is 13.7. The van der Waals surface area contributed by atoms with Gasteiger partial charge in [-0.1, -0.05) is 18.2 Å². The summed E-state index contributed by atoms with van der Waals surface area (Å²) in [5.41, 5.74) is 1.54. The van der Waals surface area contributed by atoms with Crippen LogP contribution >= 0.6 is 0 Å². The summed E-state index contributed by atoms with van der Waals surface area (Å²) in [4.78, 5) is 13.4. The lowest BCUT2D eigenvalue weighted by Gasteiger charge is -2.35. The van der Waals surface area contributed by atoms with Crippen molar-refractivity contribution < 1.29 is 4.39 Å². The van der Waals surface area contributed by atoms with Crippen molar-refractivity contribution in [2.45, 2.75) is 6.54 Å². The van der Waals surface area contributed by atoms with E-state index in [1.54, 1.807) is 12.3 Å². The molecular formula is C19H19FN4. The molecule has 2 aromatic heterocycles. The van der Waals surface area contributed by atoms with Crippen LogP contribution in [0.25, 0.3) is 10.9 Å². The molecule has 5 heteroatoms. The first-order valence-electron chi connectivity index (χ1n) is 8.22. The zero-order chi connectivity index (χ0) is 16.4. The minimum Gasteiger partial charge on any atom is -0.354 e. The highest BCUT2D eigenvalue weighted by Crippen LogP contribution is 2.19. The number of benzene rings is 1. The van der Waals surface area contributed by atoms with Crippen LogP contribution in [-0.4, -0.2) is 41.0 Å². The monoisotopic (exact) mass is 322 g/mol. The Morgan fingerprint density at radius 3 is 2.58 bits per heavy atom. The molecule has 4 rings (SSSR count). The number of halogens is 1. The summed E-state index contributed by atoms with van der Waals surface area (Å²) in [5, 5.41) is 1.16. The van der Waals surface area contributed by atoms with Gasteiger partial charge in [0, 0.05) is 44.3 Å². The molecular weight excluding hydrogens is 303 g/mol. The summed E-state index contributed by atoms with van der Waals surface area (Å²) in [6, 6.07) is 15.4. The highest BCUT2D eigenvalue weighted by atomic mass is 19.1. The van der Waals surface area contributed by atoms with Gasteiger partial charge in [-0.3, -0.25) is 9.88 Å². The summed E-state index contributed by atoms with van der Waals surface area (Å²) < 4.78 is 13.7. The molecule has 24 heavy (non-hydrogen) atoms. The van der Waals surface area contributed by atoms with Gasteiger partial charge in [0.05, 0.1) is 11.2 Å². The normalized spacial score (nSPS) is 15.8. The van der Waals surface area contributed by atoms with E-state index in [0.29, 0.717) is 12.2 Å². The van der Waals surface area contributed by atoms with E-state index in [1.807, 2.05) is 18.2 Å². The molecule has 122 valence electrons. The average Bonchev–Trinajstić information content (AvgIpc) is 2.64. The Balaban J connectivity index is 1.42. The lowest BCUT2D eigenvalue weighted by molar-refractivity contribution is 0.243. The van der Waals surface area contributed by atoms with Crippen LogP contribution in [-0.2, 0) is 6.54 Å². The Hall–Kier alpha value is -2.53.